The average Bonchev–Trinajstić information content (AvgIpc) is 3.61. The molecule has 0 unspecified atom stereocenters. The van der Waals surface area contributed by atoms with Crippen LogP contribution in [0.25, 0.3) is 11.0 Å². The Bertz CT molecular complexity index is 1120. The maximum Gasteiger partial charge on any atom is 0.420 e. The molecule has 1 saturated carbocycles. The first kappa shape index (κ1) is 23.3. The van der Waals surface area contributed by atoms with Crippen molar-refractivity contribution in [3.05, 3.63) is 34.0 Å². The number of rotatable bonds is 2. The van der Waals surface area contributed by atoms with Gasteiger partial charge in [-0.15, -0.1) is 0 Å². The van der Waals surface area contributed by atoms with Gasteiger partial charge in [-0.2, -0.15) is 13.2 Å². The van der Waals surface area contributed by atoms with Crippen LogP contribution in [0.5, 0.6) is 0 Å². The van der Waals surface area contributed by atoms with Crippen LogP contribution in [-0.2, 0) is 10.9 Å². The molecule has 0 spiro atoms. The van der Waals surface area contributed by atoms with Gasteiger partial charge in [-0.05, 0) is 43.4 Å². The summed E-state index contributed by atoms with van der Waals surface area (Å²) in [6.45, 7) is 4.49. The van der Waals surface area contributed by atoms with Crippen LogP contribution in [0.15, 0.2) is 16.5 Å². The predicted octanol–water partition coefficient (Wildman–Crippen LogP) is 4.58. The Kier molecular flexibility index (Phi) is 5.92. The number of fused-ring (bicyclic) bond motifs is 1. The number of alkyl halides is 3. The van der Waals surface area contributed by atoms with Gasteiger partial charge in [0.1, 0.15) is 5.58 Å². The lowest BCUT2D eigenvalue weighted by Crippen LogP contribution is -2.57. The lowest BCUT2D eigenvalue weighted by atomic mass is 10.0. The van der Waals surface area contributed by atoms with Crippen molar-refractivity contribution < 1.29 is 31.9 Å². The Labute approximate surface area is 199 Å². The van der Waals surface area contributed by atoms with Gasteiger partial charge in [0.15, 0.2) is 0 Å². The molecule has 34 heavy (non-hydrogen) atoms. The highest BCUT2D eigenvalue weighted by molar-refractivity contribution is 6.38. The molecule has 1 aromatic heterocycles. The Hall–Kier alpha value is -2.46. The SMILES string of the molecule is C[C@H]1COCCN1C(=O)N1CCN(C(=O)c2oc3c(C(F)(F)F)cc(C4CC4)cc3c2Cl)CC1. The molecule has 2 aromatic rings. The highest BCUT2D eigenvalue weighted by Gasteiger charge is 2.39. The fraction of sp³-hybridized carbons (Fsp3) is 0.565. The van der Waals surface area contributed by atoms with Crippen LogP contribution in [0.2, 0.25) is 5.02 Å². The molecule has 2 saturated heterocycles. The normalized spacial score (nSPS) is 21.9. The van der Waals surface area contributed by atoms with Crippen molar-refractivity contribution in [3.8, 4) is 0 Å². The van der Waals surface area contributed by atoms with Gasteiger partial charge in [-0.1, -0.05) is 11.6 Å². The van der Waals surface area contributed by atoms with Crippen LogP contribution in [0, 0.1) is 0 Å². The zero-order chi connectivity index (χ0) is 24.2. The van der Waals surface area contributed by atoms with E-state index in [0.29, 0.717) is 38.4 Å². The van der Waals surface area contributed by atoms with Crippen molar-refractivity contribution in [2.24, 2.45) is 0 Å². The third kappa shape index (κ3) is 4.22. The van der Waals surface area contributed by atoms with Crippen LogP contribution in [0.1, 0.15) is 47.4 Å². The summed E-state index contributed by atoms with van der Waals surface area (Å²) >= 11 is 6.40. The van der Waals surface area contributed by atoms with Crippen LogP contribution in [-0.4, -0.2) is 78.6 Å². The number of hydrogen-bond acceptors (Lipinski definition) is 4. The number of carbonyl (C=O) groups excluding carboxylic acids is 2. The Balaban J connectivity index is 1.35. The quantitative estimate of drug-likeness (QED) is 0.606. The Morgan fingerprint density at radius 2 is 1.74 bits per heavy atom. The van der Waals surface area contributed by atoms with Gasteiger partial charge in [0.05, 0.1) is 29.8 Å². The molecule has 3 fully saturated rings. The summed E-state index contributed by atoms with van der Waals surface area (Å²) in [6, 6.07) is 2.57. The summed E-state index contributed by atoms with van der Waals surface area (Å²) in [6.07, 6.45) is -2.97. The molecular formula is C23H25ClF3N3O4. The number of furan rings is 1. The summed E-state index contributed by atoms with van der Waals surface area (Å²) in [5.41, 5.74) is -0.769. The van der Waals surface area contributed by atoms with Crippen molar-refractivity contribution in [2.75, 3.05) is 45.9 Å². The van der Waals surface area contributed by atoms with E-state index in [1.807, 2.05) is 6.92 Å². The minimum Gasteiger partial charge on any atom is -0.449 e. The standard InChI is InChI=1S/C23H25ClF3N3O4/c1-13-12-33-9-8-30(13)22(32)29-6-4-28(5-7-29)21(31)20-18(24)16-10-15(14-2-3-14)11-17(19(16)34-20)23(25,26)27/h10-11,13-14H,2-9,12H2,1H3/t13-/m0/s1. The van der Waals surface area contributed by atoms with Gasteiger partial charge < -0.3 is 23.9 Å². The second-order valence-corrected chi connectivity index (χ2v) is 9.52. The molecule has 3 heterocycles. The average molecular weight is 500 g/mol. The number of benzene rings is 1. The van der Waals surface area contributed by atoms with Crippen molar-refractivity contribution >= 4 is 34.5 Å². The molecule has 184 valence electrons. The highest BCUT2D eigenvalue weighted by atomic mass is 35.5. The van der Waals surface area contributed by atoms with E-state index in [-0.39, 0.29) is 47.2 Å². The number of amides is 3. The monoisotopic (exact) mass is 499 g/mol. The van der Waals surface area contributed by atoms with E-state index in [1.54, 1.807) is 15.9 Å². The van der Waals surface area contributed by atoms with Gasteiger partial charge in [0.25, 0.3) is 5.91 Å². The van der Waals surface area contributed by atoms with Crippen LogP contribution < -0.4 is 0 Å². The van der Waals surface area contributed by atoms with Crippen molar-refractivity contribution in [1.82, 2.24) is 14.7 Å². The van der Waals surface area contributed by atoms with Crippen LogP contribution in [0.3, 0.4) is 0 Å². The molecule has 1 aromatic carbocycles. The Morgan fingerprint density at radius 1 is 1.06 bits per heavy atom. The molecule has 11 heteroatoms. The van der Waals surface area contributed by atoms with Gasteiger partial charge in [0.2, 0.25) is 5.76 Å². The van der Waals surface area contributed by atoms with E-state index >= 15 is 0 Å². The topological polar surface area (TPSA) is 66.2 Å². The number of hydrogen-bond donors (Lipinski definition) is 0. The first-order valence-corrected chi connectivity index (χ1v) is 11.8. The first-order valence-electron chi connectivity index (χ1n) is 11.4. The molecule has 0 bridgehead atoms. The van der Waals surface area contributed by atoms with Gasteiger partial charge in [-0.3, -0.25) is 4.79 Å². The van der Waals surface area contributed by atoms with Gasteiger partial charge in [0, 0.05) is 38.1 Å². The Morgan fingerprint density at radius 3 is 2.35 bits per heavy atom. The summed E-state index contributed by atoms with van der Waals surface area (Å²) in [4.78, 5) is 30.9. The van der Waals surface area contributed by atoms with Crippen molar-refractivity contribution in [2.45, 2.75) is 37.9 Å². The van der Waals surface area contributed by atoms with E-state index in [9.17, 15) is 22.8 Å². The number of halogens is 4. The third-order valence-electron chi connectivity index (χ3n) is 6.75. The second-order valence-electron chi connectivity index (χ2n) is 9.14. The second kappa shape index (κ2) is 8.64. The summed E-state index contributed by atoms with van der Waals surface area (Å²) in [5, 5.41) is 0.00510. The predicted molar refractivity (Wildman–Crippen MR) is 118 cm³/mol. The molecule has 2 aliphatic heterocycles. The van der Waals surface area contributed by atoms with E-state index < -0.39 is 23.2 Å². The molecule has 5 rings (SSSR count). The minimum absolute atomic E-state index is 0.0291. The molecule has 0 radical (unpaired) electrons. The van der Waals surface area contributed by atoms with Crippen LogP contribution in [0.4, 0.5) is 18.0 Å². The number of piperazine rings is 1. The molecule has 3 amide bonds. The number of urea groups is 1. The summed E-state index contributed by atoms with van der Waals surface area (Å²) in [7, 11) is 0. The lowest BCUT2D eigenvalue weighted by Gasteiger charge is -2.40. The zero-order valence-electron chi connectivity index (χ0n) is 18.7. The molecule has 1 aliphatic carbocycles. The summed E-state index contributed by atoms with van der Waals surface area (Å²) < 4.78 is 52.0. The largest absolute Gasteiger partial charge is 0.449 e. The smallest absolute Gasteiger partial charge is 0.420 e. The highest BCUT2D eigenvalue weighted by Crippen LogP contribution is 2.46. The van der Waals surface area contributed by atoms with E-state index in [1.165, 1.54) is 4.90 Å². The number of ether oxygens (including phenoxy) is 1. The molecule has 0 N–H and O–H groups in total. The minimum atomic E-state index is -4.63. The first-order chi connectivity index (χ1) is 16.1. The fourth-order valence-corrected chi connectivity index (χ4v) is 4.89. The van der Waals surface area contributed by atoms with E-state index in [4.69, 9.17) is 20.8 Å². The van der Waals surface area contributed by atoms with Gasteiger partial charge >= 0.3 is 12.2 Å². The van der Waals surface area contributed by atoms with Gasteiger partial charge in [-0.25, -0.2) is 4.79 Å². The van der Waals surface area contributed by atoms with Crippen molar-refractivity contribution in [3.63, 3.8) is 0 Å². The zero-order valence-corrected chi connectivity index (χ0v) is 19.4. The molecule has 1 atom stereocenters. The lowest BCUT2D eigenvalue weighted by molar-refractivity contribution is -0.136. The molecule has 7 nitrogen and oxygen atoms in total. The number of carbonyl (C=O) groups is 2. The maximum absolute atomic E-state index is 13.7. The maximum atomic E-state index is 13.7. The third-order valence-corrected chi connectivity index (χ3v) is 7.13. The molecular weight excluding hydrogens is 475 g/mol. The molecule has 3 aliphatic rings. The van der Waals surface area contributed by atoms with Crippen LogP contribution >= 0.6 is 11.6 Å². The number of morpholine rings is 1. The fourth-order valence-electron chi connectivity index (χ4n) is 4.63. The van der Waals surface area contributed by atoms with Crippen molar-refractivity contribution in [1.29, 1.82) is 0 Å². The summed E-state index contributed by atoms with van der Waals surface area (Å²) in [5.74, 6) is -0.791. The van der Waals surface area contributed by atoms with E-state index in [0.717, 1.165) is 18.9 Å². The van der Waals surface area contributed by atoms with E-state index in [2.05, 4.69) is 0 Å². The number of nitrogens with zero attached hydrogens (tertiary/aromatic N) is 3.